The normalized spacial score (nSPS) is 15.3. The summed E-state index contributed by atoms with van der Waals surface area (Å²) in [5, 5.41) is 24.5. The molecule has 1 amide bonds. The van der Waals surface area contributed by atoms with Gasteiger partial charge in [-0.05, 0) is 29.1 Å². The van der Waals surface area contributed by atoms with Crippen molar-refractivity contribution in [3.05, 3.63) is 86.1 Å². The Hall–Kier alpha value is -3.98. The lowest BCUT2D eigenvalue weighted by atomic mass is 9.95. The minimum absolute atomic E-state index is 0.0775. The monoisotopic (exact) mass is 450 g/mol. The highest BCUT2D eigenvalue weighted by atomic mass is 35.5. The number of fused-ring (bicyclic) bond motifs is 4. The van der Waals surface area contributed by atoms with Crippen LogP contribution in [-0.4, -0.2) is 33.2 Å². The molecule has 1 atom stereocenters. The predicted octanol–water partition coefficient (Wildman–Crippen LogP) is 5.12. The molecule has 5 rings (SSSR count). The lowest BCUT2D eigenvalue weighted by molar-refractivity contribution is -0.384. The highest BCUT2D eigenvalue weighted by molar-refractivity contribution is 6.19. The van der Waals surface area contributed by atoms with Crippen molar-refractivity contribution < 1.29 is 14.6 Å². The Morgan fingerprint density at radius 1 is 1.06 bits per heavy atom. The number of hydrogen-bond donors (Lipinski definition) is 1. The fraction of sp³-hybridized carbons (Fsp3) is 0.136. The van der Waals surface area contributed by atoms with Crippen molar-refractivity contribution in [3.8, 4) is 0 Å². The van der Waals surface area contributed by atoms with E-state index in [1.54, 1.807) is 36.4 Å². The van der Waals surface area contributed by atoms with Gasteiger partial charge in [0.15, 0.2) is 0 Å². The number of nitro benzene ring substituents is 2. The number of amides is 1. The molecule has 0 aliphatic carbocycles. The maximum absolute atomic E-state index is 13.4. The molecule has 0 fully saturated rings. The summed E-state index contributed by atoms with van der Waals surface area (Å²) in [4.78, 5) is 39.7. The molecule has 4 aromatic rings. The summed E-state index contributed by atoms with van der Waals surface area (Å²) in [6, 6.07) is 14.3. The van der Waals surface area contributed by atoms with Crippen molar-refractivity contribution in [2.75, 3.05) is 17.3 Å². The van der Waals surface area contributed by atoms with Crippen LogP contribution in [0.2, 0.25) is 0 Å². The molecule has 0 bridgehead atoms. The van der Waals surface area contributed by atoms with Crippen LogP contribution in [0.25, 0.3) is 21.7 Å². The van der Waals surface area contributed by atoms with Gasteiger partial charge in [0.1, 0.15) is 5.69 Å². The van der Waals surface area contributed by atoms with Gasteiger partial charge in [-0.3, -0.25) is 25.0 Å². The van der Waals surface area contributed by atoms with E-state index < -0.39 is 9.85 Å². The summed E-state index contributed by atoms with van der Waals surface area (Å²) < 4.78 is 0. The fourth-order valence-electron chi connectivity index (χ4n) is 4.39. The molecule has 3 aromatic carbocycles. The van der Waals surface area contributed by atoms with Crippen molar-refractivity contribution in [2.45, 2.75) is 5.92 Å². The number of nitrogens with one attached hydrogen (secondary N) is 1. The zero-order chi connectivity index (χ0) is 22.6. The van der Waals surface area contributed by atoms with Crippen LogP contribution in [-0.2, 0) is 0 Å². The van der Waals surface area contributed by atoms with E-state index in [4.69, 9.17) is 11.6 Å². The molecule has 0 radical (unpaired) electrons. The number of anilines is 1. The number of aromatic nitrogens is 1. The number of carbonyl (C=O) groups is 1. The molecule has 1 unspecified atom stereocenters. The van der Waals surface area contributed by atoms with E-state index in [1.807, 2.05) is 0 Å². The minimum atomic E-state index is -0.500. The SMILES string of the molecule is O=C(c1cc2cc([N+](=O)[O-])ccc2[nH]1)N1CC(CCl)c2c1cc([N+](=O)[O-])c1ccccc21. The van der Waals surface area contributed by atoms with Gasteiger partial charge in [-0.2, -0.15) is 0 Å². The molecule has 32 heavy (non-hydrogen) atoms. The molecule has 1 aromatic heterocycles. The van der Waals surface area contributed by atoms with E-state index in [0.717, 1.165) is 5.56 Å². The maximum atomic E-state index is 13.4. The van der Waals surface area contributed by atoms with Crippen molar-refractivity contribution in [1.82, 2.24) is 4.98 Å². The number of rotatable bonds is 4. The molecule has 1 N–H and O–H groups in total. The molecule has 2 heterocycles. The van der Waals surface area contributed by atoms with Gasteiger partial charge in [-0.25, -0.2) is 0 Å². The number of H-pyrrole nitrogens is 1. The molecule has 0 saturated carbocycles. The molecule has 10 heteroatoms. The summed E-state index contributed by atoms with van der Waals surface area (Å²) in [6.45, 7) is 0.276. The Morgan fingerprint density at radius 3 is 2.50 bits per heavy atom. The number of hydrogen-bond acceptors (Lipinski definition) is 5. The summed E-state index contributed by atoms with van der Waals surface area (Å²) in [5.41, 5.74) is 1.91. The average Bonchev–Trinajstić information content (AvgIpc) is 3.38. The van der Waals surface area contributed by atoms with E-state index in [9.17, 15) is 25.0 Å². The van der Waals surface area contributed by atoms with Crippen molar-refractivity contribution in [2.24, 2.45) is 0 Å². The third-order valence-electron chi connectivity index (χ3n) is 5.82. The Kier molecular flexibility index (Phi) is 4.56. The van der Waals surface area contributed by atoms with Crippen LogP contribution < -0.4 is 4.90 Å². The van der Waals surface area contributed by atoms with Gasteiger partial charge in [-0.1, -0.05) is 18.2 Å². The Bertz CT molecular complexity index is 1450. The standard InChI is InChI=1S/C22H15ClN4O5/c23-10-13-11-25(20-9-19(27(31)32)15-3-1-2-4-16(15)21(13)20)22(28)18-8-12-7-14(26(29)30)5-6-17(12)24-18/h1-9,13,24H,10-11H2. The van der Waals surface area contributed by atoms with E-state index in [2.05, 4.69) is 4.98 Å². The largest absolute Gasteiger partial charge is 0.351 e. The van der Waals surface area contributed by atoms with E-state index in [1.165, 1.54) is 23.1 Å². The second kappa shape index (κ2) is 7.31. The third-order valence-corrected chi connectivity index (χ3v) is 6.19. The number of benzene rings is 3. The van der Waals surface area contributed by atoms with E-state index in [-0.39, 0.29) is 41.3 Å². The molecule has 0 spiro atoms. The van der Waals surface area contributed by atoms with Crippen molar-refractivity contribution in [3.63, 3.8) is 0 Å². The first-order chi connectivity index (χ1) is 15.4. The predicted molar refractivity (Wildman–Crippen MR) is 121 cm³/mol. The van der Waals surface area contributed by atoms with Gasteiger partial charge in [0.2, 0.25) is 0 Å². The average molecular weight is 451 g/mol. The van der Waals surface area contributed by atoms with Crippen LogP contribution in [0.1, 0.15) is 22.0 Å². The number of aromatic amines is 1. The first kappa shape index (κ1) is 20.0. The Labute approximate surface area is 185 Å². The fourth-order valence-corrected chi connectivity index (χ4v) is 4.64. The quantitative estimate of drug-likeness (QED) is 0.262. The van der Waals surface area contributed by atoms with E-state index in [0.29, 0.717) is 27.4 Å². The molecule has 1 aliphatic rings. The van der Waals surface area contributed by atoms with Crippen LogP contribution in [0.15, 0.2) is 54.6 Å². The molecule has 1 aliphatic heterocycles. The summed E-state index contributed by atoms with van der Waals surface area (Å²) in [6.07, 6.45) is 0. The van der Waals surface area contributed by atoms with Gasteiger partial charge in [-0.15, -0.1) is 11.6 Å². The Balaban J connectivity index is 1.65. The maximum Gasteiger partial charge on any atom is 0.279 e. The van der Waals surface area contributed by atoms with Crippen molar-refractivity contribution >= 4 is 56.2 Å². The Morgan fingerprint density at radius 2 is 1.81 bits per heavy atom. The second-order valence-corrected chi connectivity index (χ2v) is 7.92. The zero-order valence-electron chi connectivity index (χ0n) is 16.4. The first-order valence-corrected chi connectivity index (χ1v) is 10.3. The minimum Gasteiger partial charge on any atom is -0.351 e. The number of carbonyl (C=O) groups excluding carboxylic acids is 1. The van der Waals surface area contributed by atoms with Crippen LogP contribution >= 0.6 is 11.6 Å². The summed E-state index contributed by atoms with van der Waals surface area (Å²) >= 11 is 6.22. The van der Waals surface area contributed by atoms with E-state index >= 15 is 0 Å². The highest BCUT2D eigenvalue weighted by Crippen LogP contribution is 2.45. The van der Waals surface area contributed by atoms with Crippen LogP contribution in [0.3, 0.4) is 0 Å². The summed E-state index contributed by atoms with van der Waals surface area (Å²) in [7, 11) is 0. The molecule has 9 nitrogen and oxygen atoms in total. The van der Waals surface area contributed by atoms with Crippen LogP contribution in [0.5, 0.6) is 0 Å². The molecular formula is C22H15ClN4O5. The zero-order valence-corrected chi connectivity index (χ0v) is 17.2. The van der Waals surface area contributed by atoms with Gasteiger partial charge >= 0.3 is 0 Å². The summed E-state index contributed by atoms with van der Waals surface area (Å²) in [5.74, 6) is -0.327. The lowest BCUT2D eigenvalue weighted by Gasteiger charge is -2.17. The van der Waals surface area contributed by atoms with Crippen molar-refractivity contribution in [1.29, 1.82) is 0 Å². The number of alkyl halides is 1. The van der Waals surface area contributed by atoms with Gasteiger partial charge < -0.3 is 9.88 Å². The van der Waals surface area contributed by atoms with Gasteiger partial charge in [0.25, 0.3) is 17.3 Å². The topological polar surface area (TPSA) is 122 Å². The van der Waals surface area contributed by atoms with Crippen LogP contribution in [0.4, 0.5) is 17.1 Å². The molecule has 0 saturated heterocycles. The highest BCUT2D eigenvalue weighted by Gasteiger charge is 2.36. The van der Waals surface area contributed by atoms with Gasteiger partial charge in [0, 0.05) is 47.4 Å². The molecular weight excluding hydrogens is 436 g/mol. The number of non-ortho nitro benzene ring substituents is 2. The smallest absolute Gasteiger partial charge is 0.279 e. The van der Waals surface area contributed by atoms with Gasteiger partial charge in [0.05, 0.1) is 20.9 Å². The number of halogens is 1. The first-order valence-electron chi connectivity index (χ1n) is 9.74. The lowest BCUT2D eigenvalue weighted by Crippen LogP contribution is -2.30. The number of nitrogens with zero attached hydrogens (tertiary/aromatic N) is 3. The molecule has 160 valence electrons. The number of nitro groups is 2. The third kappa shape index (κ3) is 2.97. The van der Waals surface area contributed by atoms with Crippen LogP contribution in [0, 0.1) is 20.2 Å². The second-order valence-electron chi connectivity index (χ2n) is 7.61.